The van der Waals surface area contributed by atoms with Gasteiger partial charge in [-0.05, 0) is 0 Å². The lowest BCUT2D eigenvalue weighted by molar-refractivity contribution is 0.184. The third kappa shape index (κ3) is 2.92. The molecule has 13 heavy (non-hydrogen) atoms. The van der Waals surface area contributed by atoms with Gasteiger partial charge in [0.1, 0.15) is 0 Å². The number of hydrogen-bond donors (Lipinski definition) is 2. The Morgan fingerprint density at radius 2 is 2.00 bits per heavy atom. The van der Waals surface area contributed by atoms with Crippen LogP contribution in [0, 0.1) is 16.7 Å². The Morgan fingerprint density at radius 3 is 2.46 bits per heavy atom. The van der Waals surface area contributed by atoms with Crippen LogP contribution in [0.25, 0.3) is 0 Å². The zero-order chi connectivity index (χ0) is 9.68. The molecule has 0 atom stereocenters. The van der Waals surface area contributed by atoms with Crippen molar-refractivity contribution in [2.24, 2.45) is 5.73 Å². The smallest absolute Gasteiger partial charge is 0.188 e. The minimum absolute atomic E-state index is 0.153. The molecule has 1 fully saturated rings. The largest absolute Gasteiger partial charge is 0.370 e. The van der Waals surface area contributed by atoms with Crippen molar-refractivity contribution in [3.8, 4) is 6.07 Å². The van der Waals surface area contributed by atoms with Gasteiger partial charge < -0.3 is 10.6 Å². The molecule has 0 radical (unpaired) electrons. The Kier molecular flexibility index (Phi) is 3.53. The maximum absolute atomic E-state index is 8.40. The summed E-state index contributed by atoms with van der Waals surface area (Å²) in [5.74, 6) is 0.153. The van der Waals surface area contributed by atoms with E-state index in [2.05, 4.69) is 11.0 Å². The molecule has 5 heteroatoms. The van der Waals surface area contributed by atoms with Crippen molar-refractivity contribution in [2.75, 3.05) is 32.7 Å². The van der Waals surface area contributed by atoms with Gasteiger partial charge in [-0.1, -0.05) is 0 Å². The van der Waals surface area contributed by atoms with E-state index >= 15 is 0 Å². The highest BCUT2D eigenvalue weighted by molar-refractivity contribution is 5.74. The summed E-state index contributed by atoms with van der Waals surface area (Å²) in [5.41, 5.74) is 5.35. The molecule has 5 nitrogen and oxygen atoms in total. The number of guanidine groups is 1. The number of nitrogens with zero attached hydrogens (tertiary/aromatic N) is 3. The van der Waals surface area contributed by atoms with Crippen LogP contribution in [-0.4, -0.2) is 48.5 Å². The Hall–Kier alpha value is -1.28. The summed E-state index contributed by atoms with van der Waals surface area (Å²) >= 11 is 0. The van der Waals surface area contributed by atoms with E-state index in [1.54, 1.807) is 0 Å². The van der Waals surface area contributed by atoms with Crippen LogP contribution in [0.1, 0.15) is 6.42 Å². The predicted molar refractivity (Wildman–Crippen MR) is 50.2 cm³/mol. The minimum Gasteiger partial charge on any atom is -0.370 e. The first-order chi connectivity index (χ1) is 6.24. The van der Waals surface area contributed by atoms with Crippen LogP contribution in [0.5, 0.6) is 0 Å². The SMILES string of the molecule is N#CCCN1CCN(C(=N)N)CC1. The Balaban J connectivity index is 2.23. The second-order valence-corrected chi connectivity index (χ2v) is 3.12. The highest BCUT2D eigenvalue weighted by atomic mass is 15.3. The third-order valence-electron chi connectivity index (χ3n) is 2.25. The summed E-state index contributed by atoms with van der Waals surface area (Å²) in [4.78, 5) is 4.07. The molecule has 0 saturated carbocycles. The predicted octanol–water partition coefficient (Wildman–Crippen LogP) is -0.589. The molecule has 1 rings (SSSR count). The van der Waals surface area contributed by atoms with Crippen molar-refractivity contribution in [1.29, 1.82) is 10.7 Å². The summed E-state index contributed by atoms with van der Waals surface area (Å²) < 4.78 is 0. The quantitative estimate of drug-likeness (QED) is 0.441. The van der Waals surface area contributed by atoms with Crippen LogP contribution in [0.3, 0.4) is 0 Å². The average Bonchev–Trinajstić information content (AvgIpc) is 2.15. The molecule has 72 valence electrons. The van der Waals surface area contributed by atoms with E-state index in [1.165, 1.54) is 0 Å². The Morgan fingerprint density at radius 1 is 1.38 bits per heavy atom. The minimum atomic E-state index is 0.153. The fourth-order valence-electron chi connectivity index (χ4n) is 1.42. The van der Waals surface area contributed by atoms with Gasteiger partial charge in [0, 0.05) is 39.1 Å². The van der Waals surface area contributed by atoms with Gasteiger partial charge in [-0.15, -0.1) is 0 Å². The zero-order valence-electron chi connectivity index (χ0n) is 7.66. The zero-order valence-corrected chi connectivity index (χ0v) is 7.66. The average molecular weight is 181 g/mol. The molecule has 1 aliphatic rings. The molecule has 0 spiro atoms. The number of piperazine rings is 1. The lowest BCUT2D eigenvalue weighted by Gasteiger charge is -2.34. The van der Waals surface area contributed by atoms with Crippen LogP contribution < -0.4 is 5.73 Å². The monoisotopic (exact) mass is 181 g/mol. The molecule has 0 unspecified atom stereocenters. The number of nitrogens with one attached hydrogen (secondary N) is 1. The molecule has 0 aliphatic carbocycles. The van der Waals surface area contributed by atoms with Crippen LogP contribution in [0.2, 0.25) is 0 Å². The summed E-state index contributed by atoms with van der Waals surface area (Å²) in [7, 11) is 0. The molecule has 0 aromatic carbocycles. The second kappa shape index (κ2) is 4.67. The first-order valence-corrected chi connectivity index (χ1v) is 4.42. The van der Waals surface area contributed by atoms with E-state index in [1.807, 2.05) is 4.90 Å². The number of rotatable bonds is 2. The normalized spacial score (nSPS) is 18.2. The number of nitrogens with two attached hydrogens (primary N) is 1. The van der Waals surface area contributed by atoms with Crippen LogP contribution in [-0.2, 0) is 0 Å². The molecule has 1 aliphatic heterocycles. The van der Waals surface area contributed by atoms with Crippen molar-refractivity contribution in [2.45, 2.75) is 6.42 Å². The standard InChI is InChI=1S/C8H15N5/c9-2-1-3-12-4-6-13(7-5-12)8(10)11/h1,3-7H2,(H3,10,11). The van der Waals surface area contributed by atoms with Crippen LogP contribution in [0.15, 0.2) is 0 Å². The van der Waals surface area contributed by atoms with E-state index < -0.39 is 0 Å². The van der Waals surface area contributed by atoms with Gasteiger partial charge in [-0.2, -0.15) is 5.26 Å². The van der Waals surface area contributed by atoms with Crippen LogP contribution >= 0.6 is 0 Å². The van der Waals surface area contributed by atoms with Gasteiger partial charge in [0.05, 0.1) is 6.07 Å². The molecule has 3 N–H and O–H groups in total. The topological polar surface area (TPSA) is 80.1 Å². The highest BCUT2D eigenvalue weighted by Gasteiger charge is 2.16. The van der Waals surface area contributed by atoms with Gasteiger partial charge in [-0.25, -0.2) is 0 Å². The summed E-state index contributed by atoms with van der Waals surface area (Å²) in [6.45, 7) is 4.26. The molecule has 0 aromatic heterocycles. The molecule has 1 heterocycles. The van der Waals surface area contributed by atoms with Gasteiger partial charge in [-0.3, -0.25) is 10.3 Å². The van der Waals surface area contributed by atoms with Crippen molar-refractivity contribution >= 4 is 5.96 Å². The summed E-state index contributed by atoms with van der Waals surface area (Å²) in [5, 5.41) is 15.6. The maximum atomic E-state index is 8.40. The lowest BCUT2D eigenvalue weighted by Crippen LogP contribution is -2.50. The Labute approximate surface area is 78.2 Å². The summed E-state index contributed by atoms with van der Waals surface area (Å²) in [6.07, 6.45) is 0.583. The van der Waals surface area contributed by atoms with Crippen molar-refractivity contribution in [3.05, 3.63) is 0 Å². The van der Waals surface area contributed by atoms with E-state index in [4.69, 9.17) is 16.4 Å². The van der Waals surface area contributed by atoms with E-state index in [-0.39, 0.29) is 5.96 Å². The van der Waals surface area contributed by atoms with E-state index in [0.29, 0.717) is 6.42 Å². The van der Waals surface area contributed by atoms with Crippen molar-refractivity contribution in [1.82, 2.24) is 9.80 Å². The van der Waals surface area contributed by atoms with Gasteiger partial charge >= 0.3 is 0 Å². The third-order valence-corrected chi connectivity index (χ3v) is 2.25. The van der Waals surface area contributed by atoms with Crippen LogP contribution in [0.4, 0.5) is 0 Å². The second-order valence-electron chi connectivity index (χ2n) is 3.12. The molecule has 0 aromatic rings. The Bertz CT molecular complexity index is 211. The molecule has 0 bridgehead atoms. The number of nitriles is 1. The molecule has 0 amide bonds. The van der Waals surface area contributed by atoms with Crippen molar-refractivity contribution < 1.29 is 0 Å². The van der Waals surface area contributed by atoms with Crippen molar-refractivity contribution in [3.63, 3.8) is 0 Å². The number of hydrogen-bond acceptors (Lipinski definition) is 3. The van der Waals surface area contributed by atoms with Gasteiger partial charge in [0.2, 0.25) is 0 Å². The van der Waals surface area contributed by atoms with Gasteiger partial charge in [0.25, 0.3) is 0 Å². The summed E-state index contributed by atoms with van der Waals surface area (Å²) in [6, 6.07) is 2.13. The van der Waals surface area contributed by atoms with Gasteiger partial charge in [0.15, 0.2) is 5.96 Å². The first-order valence-electron chi connectivity index (χ1n) is 4.42. The lowest BCUT2D eigenvalue weighted by atomic mass is 10.3. The molecular formula is C8H15N5. The first kappa shape index (κ1) is 9.81. The fraction of sp³-hybridized carbons (Fsp3) is 0.750. The fourth-order valence-corrected chi connectivity index (χ4v) is 1.42. The van der Waals surface area contributed by atoms with E-state index in [0.717, 1.165) is 32.7 Å². The highest BCUT2D eigenvalue weighted by Crippen LogP contribution is 2.00. The van der Waals surface area contributed by atoms with E-state index in [9.17, 15) is 0 Å². The molecule has 1 saturated heterocycles. The maximum Gasteiger partial charge on any atom is 0.188 e. The molecular weight excluding hydrogens is 166 g/mol.